The van der Waals surface area contributed by atoms with Gasteiger partial charge in [0, 0.05) is 10.6 Å². The van der Waals surface area contributed by atoms with Crippen molar-refractivity contribution in [1.82, 2.24) is 24.7 Å². The zero-order chi connectivity index (χ0) is 22.2. The Morgan fingerprint density at radius 2 is 1.74 bits per heavy atom. The van der Waals surface area contributed by atoms with Crippen LogP contribution in [0.15, 0.2) is 59.7 Å². The predicted octanol–water partition coefficient (Wildman–Crippen LogP) is 5.49. The van der Waals surface area contributed by atoms with Crippen LogP contribution in [-0.2, 0) is 6.18 Å². The van der Waals surface area contributed by atoms with Gasteiger partial charge in [0.2, 0.25) is 4.77 Å². The van der Waals surface area contributed by atoms with Crippen LogP contribution in [0.25, 0.3) is 17.2 Å². The Bertz CT molecular complexity index is 1300. The highest BCUT2D eigenvalue weighted by Crippen LogP contribution is 2.33. The van der Waals surface area contributed by atoms with Crippen LogP contribution in [0.1, 0.15) is 11.3 Å². The average Bonchev–Trinajstić information content (AvgIpc) is 3.32. The maximum atomic E-state index is 13.4. The van der Waals surface area contributed by atoms with Crippen molar-refractivity contribution in [3.8, 4) is 17.2 Å². The summed E-state index contributed by atoms with van der Waals surface area (Å²) < 4.78 is 55.3. The van der Waals surface area contributed by atoms with E-state index in [2.05, 4.69) is 20.4 Å². The number of nitrogens with one attached hydrogen (secondary N) is 1. The number of alkyl halides is 3. The molecule has 158 valence electrons. The lowest BCUT2D eigenvalue weighted by molar-refractivity contribution is -0.141. The number of aromatic nitrogens is 5. The predicted molar refractivity (Wildman–Crippen MR) is 109 cm³/mol. The summed E-state index contributed by atoms with van der Waals surface area (Å²) in [6, 6.07) is 12.6. The van der Waals surface area contributed by atoms with Gasteiger partial charge in [-0.3, -0.25) is 0 Å². The van der Waals surface area contributed by atoms with Crippen LogP contribution in [0.2, 0.25) is 5.02 Å². The molecule has 6 nitrogen and oxygen atoms in total. The fourth-order valence-electron chi connectivity index (χ4n) is 2.70. The van der Waals surface area contributed by atoms with E-state index < -0.39 is 17.7 Å². The molecule has 0 radical (unpaired) electrons. The van der Waals surface area contributed by atoms with Crippen molar-refractivity contribution < 1.29 is 17.6 Å². The molecule has 1 N–H and O–H groups in total. The molecule has 0 aliphatic carbocycles. The molecule has 0 saturated carbocycles. The third kappa shape index (κ3) is 4.42. The van der Waals surface area contributed by atoms with E-state index in [0.717, 1.165) is 15.4 Å². The Hall–Kier alpha value is -3.31. The molecule has 0 unspecified atom stereocenters. The first-order valence-corrected chi connectivity index (χ1v) is 9.42. The maximum absolute atomic E-state index is 13.4. The number of rotatable bonds is 4. The number of H-pyrrole nitrogens is 1. The molecule has 4 aromatic rings. The molecule has 12 heteroatoms. The van der Waals surface area contributed by atoms with Gasteiger partial charge in [-0.1, -0.05) is 35.9 Å². The number of hydrogen-bond acceptors (Lipinski definition) is 4. The van der Waals surface area contributed by atoms with E-state index in [1.165, 1.54) is 30.5 Å². The summed E-state index contributed by atoms with van der Waals surface area (Å²) >= 11 is 11.0. The zero-order valence-corrected chi connectivity index (χ0v) is 16.9. The van der Waals surface area contributed by atoms with Crippen molar-refractivity contribution >= 4 is 30.0 Å². The highest BCUT2D eigenvalue weighted by Gasteiger charge is 2.36. The van der Waals surface area contributed by atoms with Crippen LogP contribution in [-0.4, -0.2) is 30.9 Å². The van der Waals surface area contributed by atoms with E-state index >= 15 is 0 Å². The van der Waals surface area contributed by atoms with E-state index in [4.69, 9.17) is 23.8 Å². The van der Waals surface area contributed by atoms with Crippen molar-refractivity contribution in [1.29, 1.82) is 0 Å². The normalized spacial score (nSPS) is 12.0. The molecule has 0 amide bonds. The lowest BCUT2D eigenvalue weighted by atomic mass is 10.1. The van der Waals surface area contributed by atoms with Crippen LogP contribution in [0.4, 0.5) is 17.6 Å². The first-order valence-electron chi connectivity index (χ1n) is 8.63. The molecule has 0 aliphatic rings. The van der Waals surface area contributed by atoms with Crippen molar-refractivity contribution in [2.24, 2.45) is 5.10 Å². The number of hydrogen-bond donors (Lipinski definition) is 1. The summed E-state index contributed by atoms with van der Waals surface area (Å²) in [6.07, 6.45) is -3.31. The minimum Gasteiger partial charge on any atom is -0.248 e. The van der Waals surface area contributed by atoms with Gasteiger partial charge in [0.25, 0.3) is 5.95 Å². The molecule has 2 heterocycles. The fourth-order valence-corrected chi connectivity index (χ4v) is 3.00. The van der Waals surface area contributed by atoms with Crippen LogP contribution in [0, 0.1) is 10.6 Å². The van der Waals surface area contributed by atoms with Gasteiger partial charge >= 0.3 is 6.18 Å². The van der Waals surface area contributed by atoms with Crippen molar-refractivity contribution in [2.45, 2.75) is 6.18 Å². The smallest absolute Gasteiger partial charge is 0.248 e. The minimum absolute atomic E-state index is 0.0273. The highest BCUT2D eigenvalue weighted by atomic mass is 35.5. The van der Waals surface area contributed by atoms with Crippen LogP contribution in [0.5, 0.6) is 0 Å². The Labute approximate surface area is 182 Å². The highest BCUT2D eigenvalue weighted by molar-refractivity contribution is 7.71. The summed E-state index contributed by atoms with van der Waals surface area (Å²) in [6.45, 7) is 0. The summed E-state index contributed by atoms with van der Waals surface area (Å²) in [4.78, 5) is 0. The number of halogens is 5. The molecule has 2 aromatic carbocycles. The largest absolute Gasteiger partial charge is 0.435 e. The van der Waals surface area contributed by atoms with Crippen LogP contribution in [0.3, 0.4) is 0 Å². The van der Waals surface area contributed by atoms with Crippen LogP contribution < -0.4 is 0 Å². The molecule has 4 rings (SSSR count). The van der Waals surface area contributed by atoms with Gasteiger partial charge in [-0.25, -0.2) is 9.49 Å². The van der Waals surface area contributed by atoms with E-state index in [0.29, 0.717) is 16.1 Å². The summed E-state index contributed by atoms with van der Waals surface area (Å²) in [5, 5.41) is 14.8. The standard InChI is InChI=1S/C19H11ClF4N6S/c20-13-5-3-12(4-6-13)15-9-16(19(22,23)24)28-29(15)17-26-27-18(31)30(17)25-10-11-1-7-14(21)8-2-11/h1-10H,(H,27,31)/b25-10+. The van der Waals surface area contributed by atoms with Crippen molar-refractivity contribution in [3.63, 3.8) is 0 Å². The molecular weight excluding hydrogens is 456 g/mol. The second-order valence-electron chi connectivity index (χ2n) is 6.27. The SMILES string of the molecule is Fc1ccc(/C=N/n2c(-n3nc(C(F)(F)F)cc3-c3ccc(Cl)cc3)n[nH]c2=S)cc1. The van der Waals surface area contributed by atoms with E-state index in [9.17, 15) is 17.6 Å². The summed E-state index contributed by atoms with van der Waals surface area (Å²) in [5.41, 5.74) is -0.0307. The van der Waals surface area contributed by atoms with E-state index in [1.54, 1.807) is 24.3 Å². The molecule has 0 spiro atoms. The first kappa shape index (κ1) is 20.9. The Morgan fingerprint density at radius 1 is 1.06 bits per heavy atom. The second kappa shape index (κ2) is 8.08. The summed E-state index contributed by atoms with van der Waals surface area (Å²) in [5.74, 6) is -0.509. The van der Waals surface area contributed by atoms with E-state index in [1.807, 2.05) is 0 Å². The van der Waals surface area contributed by atoms with Crippen molar-refractivity contribution in [3.05, 3.63) is 81.5 Å². The monoisotopic (exact) mass is 466 g/mol. The van der Waals surface area contributed by atoms with Gasteiger partial charge in [0.15, 0.2) is 5.69 Å². The lowest BCUT2D eigenvalue weighted by Crippen LogP contribution is -2.10. The number of aromatic amines is 1. The maximum Gasteiger partial charge on any atom is 0.435 e. The molecule has 0 bridgehead atoms. The van der Waals surface area contributed by atoms with E-state index in [-0.39, 0.29) is 16.4 Å². The van der Waals surface area contributed by atoms with Gasteiger partial charge in [-0.15, -0.1) is 5.10 Å². The third-order valence-electron chi connectivity index (χ3n) is 4.15. The zero-order valence-electron chi connectivity index (χ0n) is 15.3. The molecule has 31 heavy (non-hydrogen) atoms. The van der Waals surface area contributed by atoms with Gasteiger partial charge in [-0.05, 0) is 48.1 Å². The molecular formula is C19H11ClF4N6S. The molecule has 0 saturated heterocycles. The lowest BCUT2D eigenvalue weighted by Gasteiger charge is -2.06. The molecule has 2 aromatic heterocycles. The minimum atomic E-state index is -4.68. The molecule has 0 aliphatic heterocycles. The van der Waals surface area contributed by atoms with Gasteiger partial charge < -0.3 is 0 Å². The quantitative estimate of drug-likeness (QED) is 0.246. The second-order valence-corrected chi connectivity index (χ2v) is 7.09. The molecule has 0 fully saturated rings. The Balaban J connectivity index is 1.84. The van der Waals surface area contributed by atoms with Gasteiger partial charge in [0.05, 0.1) is 11.9 Å². The average molecular weight is 467 g/mol. The third-order valence-corrected chi connectivity index (χ3v) is 4.67. The fraction of sp³-hybridized carbons (Fsp3) is 0.0526. The first-order chi connectivity index (χ1) is 14.7. The van der Waals surface area contributed by atoms with Crippen molar-refractivity contribution in [2.75, 3.05) is 0 Å². The van der Waals surface area contributed by atoms with Crippen LogP contribution >= 0.6 is 23.8 Å². The topological polar surface area (TPSA) is 63.8 Å². The summed E-state index contributed by atoms with van der Waals surface area (Å²) in [7, 11) is 0. The Morgan fingerprint density at radius 3 is 2.39 bits per heavy atom. The van der Waals surface area contributed by atoms with Gasteiger partial charge in [0.1, 0.15) is 5.82 Å². The van der Waals surface area contributed by atoms with Gasteiger partial charge in [-0.2, -0.15) is 32.7 Å². The Kier molecular flexibility index (Phi) is 5.46. The number of benzene rings is 2. The molecule has 0 atom stereocenters. The number of nitrogens with zero attached hydrogens (tertiary/aromatic N) is 5.